The summed E-state index contributed by atoms with van der Waals surface area (Å²) < 4.78 is 16.7. The fraction of sp³-hybridized carbons (Fsp3) is 0.348. The molecule has 0 saturated carbocycles. The number of nitrogens with one attached hydrogen (secondary N) is 1. The van der Waals surface area contributed by atoms with Gasteiger partial charge in [-0.1, -0.05) is 23.9 Å². The summed E-state index contributed by atoms with van der Waals surface area (Å²) in [5.41, 5.74) is 1.59. The maximum Gasteiger partial charge on any atom is 0.348 e. The van der Waals surface area contributed by atoms with Crippen molar-refractivity contribution in [2.24, 2.45) is 0 Å². The van der Waals surface area contributed by atoms with Crippen LogP contribution in [0.3, 0.4) is 0 Å². The second-order valence-corrected chi connectivity index (χ2v) is 9.21. The minimum atomic E-state index is -0.647. The normalized spacial score (nSPS) is 10.7. The van der Waals surface area contributed by atoms with Gasteiger partial charge in [-0.25, -0.2) is 9.59 Å². The monoisotopic (exact) mass is 518 g/mol. The van der Waals surface area contributed by atoms with Crippen molar-refractivity contribution in [3.05, 3.63) is 51.7 Å². The molecule has 3 rings (SSSR count). The number of ether oxygens (including phenoxy) is 3. The smallest absolute Gasteiger partial charge is 0.348 e. The summed E-state index contributed by atoms with van der Waals surface area (Å²) in [5, 5.41) is 12.1. The number of benzene rings is 1. The summed E-state index contributed by atoms with van der Waals surface area (Å²) in [5.74, 6) is -0.00165. The SMILES string of the molecule is CCn1c(Cc2ccc(OC)cc2)nnc1SCC(=O)Nc1sc(C(=O)OC)c(C)c1C(=O)OC. The molecule has 3 aromatic rings. The van der Waals surface area contributed by atoms with Crippen LogP contribution in [-0.4, -0.2) is 59.7 Å². The molecule has 0 radical (unpaired) electrons. The van der Waals surface area contributed by atoms with Crippen molar-refractivity contribution in [1.29, 1.82) is 0 Å². The topological polar surface area (TPSA) is 122 Å². The van der Waals surface area contributed by atoms with E-state index in [0.29, 0.717) is 23.7 Å². The van der Waals surface area contributed by atoms with Gasteiger partial charge in [0.1, 0.15) is 21.5 Å². The summed E-state index contributed by atoms with van der Waals surface area (Å²) in [7, 11) is 4.11. The first-order valence-corrected chi connectivity index (χ1v) is 12.4. The minimum Gasteiger partial charge on any atom is -0.497 e. The lowest BCUT2D eigenvalue weighted by Gasteiger charge is -2.08. The van der Waals surface area contributed by atoms with E-state index in [2.05, 4.69) is 15.5 Å². The molecule has 0 aliphatic carbocycles. The van der Waals surface area contributed by atoms with E-state index in [1.165, 1.54) is 26.0 Å². The van der Waals surface area contributed by atoms with Gasteiger partial charge in [-0.05, 0) is 37.1 Å². The average Bonchev–Trinajstić information content (AvgIpc) is 3.41. The van der Waals surface area contributed by atoms with Crippen LogP contribution in [0.4, 0.5) is 5.00 Å². The molecule has 0 fully saturated rings. The number of rotatable bonds is 10. The highest BCUT2D eigenvalue weighted by Crippen LogP contribution is 2.34. The van der Waals surface area contributed by atoms with E-state index in [-0.39, 0.29) is 27.1 Å². The molecule has 35 heavy (non-hydrogen) atoms. The molecule has 2 aromatic heterocycles. The summed E-state index contributed by atoms with van der Waals surface area (Å²) in [6, 6.07) is 7.72. The number of nitrogens with zero attached hydrogens (tertiary/aromatic N) is 3. The molecule has 1 N–H and O–H groups in total. The highest BCUT2D eigenvalue weighted by molar-refractivity contribution is 7.99. The van der Waals surface area contributed by atoms with E-state index in [4.69, 9.17) is 14.2 Å². The predicted molar refractivity (Wildman–Crippen MR) is 133 cm³/mol. The maximum absolute atomic E-state index is 12.7. The number of thioether (sulfide) groups is 1. The molecule has 1 aromatic carbocycles. The van der Waals surface area contributed by atoms with Crippen molar-refractivity contribution in [3.63, 3.8) is 0 Å². The quantitative estimate of drug-likeness (QED) is 0.317. The third-order valence-electron chi connectivity index (χ3n) is 5.12. The number of amides is 1. The van der Waals surface area contributed by atoms with Crippen molar-refractivity contribution in [2.45, 2.75) is 32.0 Å². The molecule has 1 amide bonds. The van der Waals surface area contributed by atoms with Crippen LogP contribution in [-0.2, 0) is 27.2 Å². The van der Waals surface area contributed by atoms with Crippen molar-refractivity contribution in [3.8, 4) is 5.75 Å². The highest BCUT2D eigenvalue weighted by Gasteiger charge is 2.27. The van der Waals surface area contributed by atoms with Crippen LogP contribution in [0.1, 0.15) is 43.9 Å². The second kappa shape index (κ2) is 11.8. The first kappa shape index (κ1) is 26.2. The third-order valence-corrected chi connectivity index (χ3v) is 7.28. The lowest BCUT2D eigenvalue weighted by atomic mass is 10.1. The number of carbonyl (C=O) groups excluding carboxylic acids is 3. The molecule has 12 heteroatoms. The second-order valence-electron chi connectivity index (χ2n) is 7.25. The van der Waals surface area contributed by atoms with Gasteiger partial charge in [0.15, 0.2) is 5.16 Å². The van der Waals surface area contributed by atoms with Crippen molar-refractivity contribution < 1.29 is 28.6 Å². The number of carbonyl (C=O) groups is 3. The number of hydrogen-bond donors (Lipinski definition) is 1. The zero-order chi connectivity index (χ0) is 25.5. The van der Waals surface area contributed by atoms with Crippen LogP contribution >= 0.6 is 23.1 Å². The van der Waals surface area contributed by atoms with Crippen molar-refractivity contribution in [2.75, 3.05) is 32.4 Å². The molecular formula is C23H26N4O6S2. The number of methoxy groups -OCH3 is 3. The molecule has 0 aliphatic heterocycles. The molecule has 0 unspecified atom stereocenters. The van der Waals surface area contributed by atoms with E-state index in [9.17, 15) is 14.4 Å². The Kier molecular flexibility index (Phi) is 8.88. The van der Waals surface area contributed by atoms with Gasteiger partial charge in [-0.15, -0.1) is 21.5 Å². The van der Waals surface area contributed by atoms with Crippen LogP contribution in [0.15, 0.2) is 29.4 Å². The summed E-state index contributed by atoms with van der Waals surface area (Å²) in [6.45, 7) is 4.23. The van der Waals surface area contributed by atoms with Gasteiger partial charge in [0.25, 0.3) is 0 Å². The van der Waals surface area contributed by atoms with Gasteiger partial charge in [-0.2, -0.15) is 0 Å². The fourth-order valence-electron chi connectivity index (χ4n) is 3.33. The van der Waals surface area contributed by atoms with Crippen molar-refractivity contribution in [1.82, 2.24) is 14.8 Å². The van der Waals surface area contributed by atoms with Crippen LogP contribution in [0, 0.1) is 6.92 Å². The van der Waals surface area contributed by atoms with Crippen LogP contribution in [0.5, 0.6) is 5.75 Å². The molecular weight excluding hydrogens is 492 g/mol. The average molecular weight is 519 g/mol. The molecule has 0 bridgehead atoms. The van der Waals surface area contributed by atoms with E-state index in [1.807, 2.05) is 35.8 Å². The summed E-state index contributed by atoms with van der Waals surface area (Å²) in [4.78, 5) is 37.2. The van der Waals surface area contributed by atoms with Gasteiger partial charge in [0, 0.05) is 13.0 Å². The van der Waals surface area contributed by atoms with Crippen LogP contribution in [0.2, 0.25) is 0 Å². The maximum atomic E-state index is 12.7. The van der Waals surface area contributed by atoms with E-state index in [1.54, 1.807) is 14.0 Å². The van der Waals surface area contributed by atoms with Gasteiger partial charge in [0.05, 0.1) is 32.6 Å². The standard InChI is InChI=1S/C23H26N4O6S2/c1-6-27-16(11-14-7-9-15(31-3)10-8-14)25-26-23(27)34-12-17(28)24-20-18(21(29)32-4)13(2)19(35-20)22(30)33-5/h7-10H,6,11-12H2,1-5H3,(H,24,28). The number of hydrogen-bond acceptors (Lipinski definition) is 10. The molecule has 2 heterocycles. The largest absolute Gasteiger partial charge is 0.497 e. The van der Waals surface area contributed by atoms with E-state index < -0.39 is 11.9 Å². The van der Waals surface area contributed by atoms with Gasteiger partial charge in [-0.3, -0.25) is 4.79 Å². The number of anilines is 1. The number of aromatic nitrogens is 3. The Hall–Kier alpha value is -3.38. The Morgan fingerprint density at radius 2 is 1.74 bits per heavy atom. The van der Waals surface area contributed by atoms with Gasteiger partial charge < -0.3 is 24.1 Å². The first-order valence-electron chi connectivity index (χ1n) is 10.6. The third kappa shape index (κ3) is 6.01. The zero-order valence-electron chi connectivity index (χ0n) is 20.0. The van der Waals surface area contributed by atoms with E-state index >= 15 is 0 Å². The molecule has 0 aliphatic rings. The lowest BCUT2D eigenvalue weighted by molar-refractivity contribution is -0.113. The molecule has 0 atom stereocenters. The van der Waals surface area contributed by atoms with Gasteiger partial charge >= 0.3 is 11.9 Å². The molecule has 0 spiro atoms. The summed E-state index contributed by atoms with van der Waals surface area (Å²) >= 11 is 2.20. The Bertz CT molecular complexity index is 1220. The Morgan fingerprint density at radius 1 is 1.06 bits per heavy atom. The zero-order valence-corrected chi connectivity index (χ0v) is 21.7. The van der Waals surface area contributed by atoms with E-state index in [0.717, 1.165) is 28.5 Å². The van der Waals surface area contributed by atoms with Crippen LogP contribution in [0.25, 0.3) is 0 Å². The number of esters is 2. The molecule has 186 valence electrons. The van der Waals surface area contributed by atoms with Crippen LogP contribution < -0.4 is 10.1 Å². The highest BCUT2D eigenvalue weighted by atomic mass is 32.2. The Morgan fingerprint density at radius 3 is 2.34 bits per heavy atom. The predicted octanol–water partition coefficient (Wildman–Crippen LogP) is 3.57. The molecule has 0 saturated heterocycles. The minimum absolute atomic E-state index is 0.0335. The first-order chi connectivity index (χ1) is 16.8. The lowest BCUT2D eigenvalue weighted by Crippen LogP contribution is -2.16. The summed E-state index contributed by atoms with van der Waals surface area (Å²) in [6.07, 6.45) is 0.588. The molecule has 10 nitrogen and oxygen atoms in total. The van der Waals surface area contributed by atoms with Gasteiger partial charge in [0.2, 0.25) is 5.91 Å². The number of thiophene rings is 1. The van der Waals surface area contributed by atoms with Crippen molar-refractivity contribution >= 4 is 45.9 Å². The Labute approximate surface area is 211 Å². The fourth-order valence-corrected chi connectivity index (χ4v) is 5.28. The Balaban J connectivity index is 1.71.